The Balaban J connectivity index is 1.46. The topological polar surface area (TPSA) is 83.9 Å². The number of hydrogen-bond donors (Lipinski definition) is 1. The van der Waals surface area contributed by atoms with Gasteiger partial charge >= 0.3 is 0 Å². The molecule has 0 aliphatic carbocycles. The number of aromatic nitrogens is 4. The number of carbonyl (C=O) groups is 1. The quantitative estimate of drug-likeness (QED) is 0.760. The molecule has 7 nitrogen and oxygen atoms in total. The van der Waals surface area contributed by atoms with Crippen LogP contribution in [-0.2, 0) is 0 Å². The molecule has 0 radical (unpaired) electrons. The van der Waals surface area contributed by atoms with Crippen LogP contribution in [0.3, 0.4) is 0 Å². The van der Waals surface area contributed by atoms with Crippen LogP contribution >= 0.6 is 11.3 Å². The van der Waals surface area contributed by atoms with Crippen LogP contribution in [0.5, 0.6) is 0 Å². The molecule has 0 unspecified atom stereocenters. The van der Waals surface area contributed by atoms with Crippen molar-refractivity contribution >= 4 is 28.9 Å². The fourth-order valence-corrected chi connectivity index (χ4v) is 3.42. The summed E-state index contributed by atoms with van der Waals surface area (Å²) in [5, 5.41) is 3.45. The lowest BCUT2D eigenvalue weighted by atomic mass is 10.3. The number of alkyl halides is 1. The molecule has 1 amide bonds. The Morgan fingerprint density at radius 2 is 1.96 bits per heavy atom. The number of carbonyl (C=O) groups excluding carboxylic acids is 1. The minimum atomic E-state index is -0.821. The lowest BCUT2D eigenvalue weighted by molar-refractivity contribution is 0.103. The van der Waals surface area contributed by atoms with Crippen molar-refractivity contribution < 1.29 is 9.18 Å². The van der Waals surface area contributed by atoms with Crippen molar-refractivity contribution in [2.45, 2.75) is 12.6 Å². The first kappa shape index (κ1) is 16.5. The first-order valence-corrected chi connectivity index (χ1v) is 8.89. The van der Waals surface area contributed by atoms with Crippen LogP contribution in [0.15, 0.2) is 43.1 Å². The number of amides is 1. The van der Waals surface area contributed by atoms with Crippen molar-refractivity contribution in [1.29, 1.82) is 0 Å². The number of thiazole rings is 1. The van der Waals surface area contributed by atoms with Gasteiger partial charge in [0.2, 0.25) is 5.95 Å². The standard InChI is InChI=1S/C17H15FN6OS/c18-12-3-6-24(10-12)17-21-7-11(8-22-17)16-20-9-14(26-16)15(25)23-13-1-4-19-5-2-13/h1-2,4-5,7-9,12H,3,6,10H2,(H,19,23,25)/t12-/m0/s1. The van der Waals surface area contributed by atoms with Crippen LogP contribution in [0.25, 0.3) is 10.6 Å². The fourth-order valence-electron chi connectivity index (χ4n) is 2.63. The summed E-state index contributed by atoms with van der Waals surface area (Å²) in [6, 6.07) is 3.43. The Kier molecular flexibility index (Phi) is 4.53. The molecule has 0 bridgehead atoms. The molecule has 1 aliphatic rings. The lowest BCUT2D eigenvalue weighted by Gasteiger charge is -2.14. The number of halogens is 1. The van der Waals surface area contributed by atoms with Crippen molar-refractivity contribution in [3.8, 4) is 10.6 Å². The number of nitrogens with zero attached hydrogens (tertiary/aromatic N) is 5. The molecule has 1 fully saturated rings. The summed E-state index contributed by atoms with van der Waals surface area (Å²) in [6.45, 7) is 0.951. The molecule has 132 valence electrons. The smallest absolute Gasteiger partial charge is 0.267 e. The second-order valence-corrected chi connectivity index (χ2v) is 6.85. The zero-order chi connectivity index (χ0) is 17.9. The zero-order valence-electron chi connectivity index (χ0n) is 13.7. The van der Waals surface area contributed by atoms with Gasteiger partial charge in [-0.2, -0.15) is 0 Å². The predicted molar refractivity (Wildman–Crippen MR) is 97.1 cm³/mol. The molecule has 4 rings (SSSR count). The van der Waals surface area contributed by atoms with Crippen LogP contribution < -0.4 is 10.2 Å². The van der Waals surface area contributed by atoms with Gasteiger partial charge in [-0.15, -0.1) is 11.3 Å². The monoisotopic (exact) mass is 370 g/mol. The van der Waals surface area contributed by atoms with Gasteiger partial charge in [-0.05, 0) is 18.6 Å². The maximum Gasteiger partial charge on any atom is 0.267 e. The first-order valence-electron chi connectivity index (χ1n) is 8.08. The highest BCUT2D eigenvalue weighted by Crippen LogP contribution is 2.26. The molecule has 1 aliphatic heterocycles. The highest BCUT2D eigenvalue weighted by atomic mass is 32.1. The largest absolute Gasteiger partial charge is 0.338 e. The highest BCUT2D eigenvalue weighted by molar-refractivity contribution is 7.17. The average molecular weight is 370 g/mol. The van der Waals surface area contributed by atoms with E-state index in [0.29, 0.717) is 41.0 Å². The molecule has 0 saturated carbocycles. The van der Waals surface area contributed by atoms with Crippen LogP contribution in [0.2, 0.25) is 0 Å². The maximum absolute atomic E-state index is 13.3. The zero-order valence-corrected chi connectivity index (χ0v) is 14.5. The summed E-state index contributed by atoms with van der Waals surface area (Å²) in [5.74, 6) is 0.282. The van der Waals surface area contributed by atoms with Gasteiger partial charge in [0.25, 0.3) is 5.91 Å². The molecule has 0 spiro atoms. The maximum atomic E-state index is 13.3. The van der Waals surface area contributed by atoms with E-state index in [0.717, 1.165) is 5.56 Å². The van der Waals surface area contributed by atoms with E-state index >= 15 is 0 Å². The second-order valence-electron chi connectivity index (χ2n) is 5.82. The Morgan fingerprint density at radius 3 is 2.65 bits per heavy atom. The van der Waals surface area contributed by atoms with Gasteiger partial charge in [0.1, 0.15) is 16.1 Å². The molecule has 1 N–H and O–H groups in total. The third kappa shape index (κ3) is 3.52. The van der Waals surface area contributed by atoms with E-state index in [2.05, 4.69) is 25.3 Å². The van der Waals surface area contributed by atoms with E-state index in [1.165, 1.54) is 17.5 Å². The molecule has 4 heterocycles. The number of pyridine rings is 1. The molecular weight excluding hydrogens is 355 g/mol. The summed E-state index contributed by atoms with van der Waals surface area (Å²) in [5.41, 5.74) is 1.39. The second kappa shape index (κ2) is 7.12. The summed E-state index contributed by atoms with van der Waals surface area (Å²) in [4.78, 5) is 31.4. The Bertz CT molecular complexity index is 901. The Labute approximate surface area is 153 Å². The normalized spacial score (nSPS) is 16.7. The van der Waals surface area contributed by atoms with Gasteiger partial charge in [0.15, 0.2) is 0 Å². The molecule has 3 aromatic heterocycles. The van der Waals surface area contributed by atoms with Crippen LogP contribution in [0.4, 0.5) is 16.0 Å². The average Bonchev–Trinajstić information content (AvgIpc) is 3.32. The molecule has 9 heteroatoms. The van der Waals surface area contributed by atoms with Gasteiger partial charge in [0, 0.05) is 42.6 Å². The third-order valence-electron chi connectivity index (χ3n) is 3.97. The molecular formula is C17H15FN6OS. The Hall–Kier alpha value is -2.94. The number of rotatable bonds is 4. The van der Waals surface area contributed by atoms with Gasteiger partial charge < -0.3 is 10.2 Å². The predicted octanol–water partition coefficient (Wildman–Crippen LogP) is 2.80. The van der Waals surface area contributed by atoms with E-state index in [1.54, 1.807) is 36.9 Å². The van der Waals surface area contributed by atoms with Crippen LogP contribution in [-0.4, -0.2) is 45.1 Å². The number of anilines is 2. The van der Waals surface area contributed by atoms with Crippen LogP contribution in [0, 0.1) is 0 Å². The minimum absolute atomic E-state index is 0.233. The summed E-state index contributed by atoms with van der Waals surface area (Å²) in [6.07, 6.45) is 7.73. The van der Waals surface area contributed by atoms with Crippen molar-refractivity contribution in [3.63, 3.8) is 0 Å². The number of hydrogen-bond acceptors (Lipinski definition) is 7. The summed E-state index contributed by atoms with van der Waals surface area (Å²) in [7, 11) is 0. The van der Waals surface area contributed by atoms with Gasteiger partial charge in [-0.1, -0.05) is 0 Å². The van der Waals surface area contributed by atoms with E-state index in [-0.39, 0.29) is 5.91 Å². The summed E-state index contributed by atoms with van der Waals surface area (Å²) < 4.78 is 13.3. The molecule has 1 saturated heterocycles. The van der Waals surface area contributed by atoms with E-state index in [4.69, 9.17) is 0 Å². The number of nitrogens with one attached hydrogen (secondary N) is 1. The molecule has 26 heavy (non-hydrogen) atoms. The van der Waals surface area contributed by atoms with Gasteiger partial charge in [-0.3, -0.25) is 9.78 Å². The fraction of sp³-hybridized carbons (Fsp3) is 0.235. The Morgan fingerprint density at radius 1 is 1.19 bits per heavy atom. The van der Waals surface area contributed by atoms with Gasteiger partial charge in [-0.25, -0.2) is 19.3 Å². The SMILES string of the molecule is O=C(Nc1ccncc1)c1cnc(-c2cnc(N3CC[C@H](F)C3)nc2)s1. The molecule has 3 aromatic rings. The van der Waals surface area contributed by atoms with E-state index in [9.17, 15) is 9.18 Å². The van der Waals surface area contributed by atoms with Crippen molar-refractivity contribution in [2.75, 3.05) is 23.3 Å². The third-order valence-corrected chi connectivity index (χ3v) is 5.01. The van der Waals surface area contributed by atoms with E-state index in [1.807, 2.05) is 4.90 Å². The van der Waals surface area contributed by atoms with E-state index < -0.39 is 6.17 Å². The first-order chi connectivity index (χ1) is 12.7. The molecule has 1 atom stereocenters. The molecule has 0 aromatic carbocycles. The van der Waals surface area contributed by atoms with Crippen molar-refractivity contribution in [2.24, 2.45) is 0 Å². The highest BCUT2D eigenvalue weighted by Gasteiger charge is 2.23. The van der Waals surface area contributed by atoms with Gasteiger partial charge in [0.05, 0.1) is 12.7 Å². The van der Waals surface area contributed by atoms with Crippen molar-refractivity contribution in [1.82, 2.24) is 19.9 Å². The lowest BCUT2D eigenvalue weighted by Crippen LogP contribution is -2.22. The minimum Gasteiger partial charge on any atom is -0.338 e. The summed E-state index contributed by atoms with van der Waals surface area (Å²) >= 11 is 1.26. The van der Waals surface area contributed by atoms with Crippen molar-refractivity contribution in [3.05, 3.63) is 48.0 Å². The van der Waals surface area contributed by atoms with Crippen LogP contribution in [0.1, 0.15) is 16.1 Å².